The van der Waals surface area contributed by atoms with Gasteiger partial charge in [0.1, 0.15) is 10.6 Å². The molecule has 2 rings (SSSR count). The zero-order valence-corrected chi connectivity index (χ0v) is 14.7. The summed E-state index contributed by atoms with van der Waals surface area (Å²) in [7, 11) is -2.13. The molecule has 0 atom stereocenters. The second kappa shape index (κ2) is 5.90. The van der Waals surface area contributed by atoms with Gasteiger partial charge in [-0.3, -0.25) is 4.68 Å². The summed E-state index contributed by atoms with van der Waals surface area (Å²) in [4.78, 5) is 0.128. The first-order valence-corrected chi connectivity index (χ1v) is 8.61. The number of aryl methyl sites for hydroxylation is 3. The molecule has 0 amide bonds. The van der Waals surface area contributed by atoms with Crippen molar-refractivity contribution in [3.05, 3.63) is 27.8 Å². The molecule has 0 bridgehead atoms. The highest BCUT2D eigenvalue weighted by Crippen LogP contribution is 2.25. The van der Waals surface area contributed by atoms with E-state index in [1.54, 1.807) is 24.7 Å². The number of hydrogen-bond donors (Lipinski definition) is 0. The molecule has 0 radical (unpaired) electrons. The second-order valence-corrected chi connectivity index (χ2v) is 7.51. The van der Waals surface area contributed by atoms with Crippen molar-refractivity contribution >= 4 is 26.0 Å². The summed E-state index contributed by atoms with van der Waals surface area (Å²) in [6.45, 7) is 6.03. The van der Waals surface area contributed by atoms with Crippen LogP contribution in [0.5, 0.6) is 0 Å². The summed E-state index contributed by atoms with van der Waals surface area (Å²) in [5.74, 6) is 0.294. The lowest BCUT2D eigenvalue weighted by atomic mass is 10.4. The van der Waals surface area contributed by atoms with Crippen molar-refractivity contribution in [3.63, 3.8) is 0 Å². The van der Waals surface area contributed by atoms with Gasteiger partial charge in [-0.1, -0.05) is 5.16 Å². The molecule has 0 aliphatic rings. The Morgan fingerprint density at radius 2 is 2.10 bits per heavy atom. The number of sulfonamides is 1. The first-order chi connectivity index (χ1) is 9.78. The molecule has 2 heterocycles. The number of rotatable bonds is 5. The van der Waals surface area contributed by atoms with Crippen LogP contribution in [0.25, 0.3) is 0 Å². The Kier molecular flexibility index (Phi) is 4.54. The van der Waals surface area contributed by atoms with E-state index < -0.39 is 10.0 Å². The minimum absolute atomic E-state index is 0.128. The van der Waals surface area contributed by atoms with Gasteiger partial charge < -0.3 is 4.52 Å². The van der Waals surface area contributed by atoms with Crippen LogP contribution in [0.1, 0.15) is 24.1 Å². The highest BCUT2D eigenvalue weighted by atomic mass is 79.9. The maximum absolute atomic E-state index is 12.7. The highest BCUT2D eigenvalue weighted by Gasteiger charge is 2.29. The highest BCUT2D eigenvalue weighted by molar-refractivity contribution is 9.10. The number of aromatic nitrogens is 3. The minimum atomic E-state index is -3.66. The lowest BCUT2D eigenvalue weighted by molar-refractivity contribution is 0.389. The number of hydrogen-bond acceptors (Lipinski definition) is 5. The summed E-state index contributed by atoms with van der Waals surface area (Å²) >= 11 is 3.40. The van der Waals surface area contributed by atoms with Crippen molar-refractivity contribution < 1.29 is 12.9 Å². The number of nitrogens with zero attached hydrogens (tertiary/aromatic N) is 4. The number of halogens is 1. The van der Waals surface area contributed by atoms with Crippen molar-refractivity contribution in [1.82, 2.24) is 19.2 Å². The predicted octanol–water partition coefficient (Wildman–Crippen LogP) is 2.09. The molecule has 21 heavy (non-hydrogen) atoms. The molecule has 0 saturated heterocycles. The molecule has 0 spiro atoms. The maximum Gasteiger partial charge on any atom is 0.248 e. The van der Waals surface area contributed by atoms with Crippen LogP contribution in [0.4, 0.5) is 0 Å². The topological polar surface area (TPSA) is 81.2 Å². The molecule has 7 nitrogen and oxygen atoms in total. The fraction of sp³-hybridized carbons (Fsp3) is 0.500. The third-order valence-electron chi connectivity index (χ3n) is 3.21. The van der Waals surface area contributed by atoms with Gasteiger partial charge >= 0.3 is 0 Å². The average Bonchev–Trinajstić information content (AvgIpc) is 2.93. The van der Waals surface area contributed by atoms with Crippen LogP contribution in [-0.4, -0.2) is 34.7 Å². The molecule has 9 heteroatoms. The van der Waals surface area contributed by atoms with Gasteiger partial charge in [-0.05, 0) is 36.7 Å². The van der Waals surface area contributed by atoms with Crippen molar-refractivity contribution in [2.75, 3.05) is 7.05 Å². The van der Waals surface area contributed by atoms with E-state index in [2.05, 4.69) is 26.2 Å². The van der Waals surface area contributed by atoms with Crippen molar-refractivity contribution in [1.29, 1.82) is 0 Å². The average molecular weight is 377 g/mol. The Balaban J connectivity index is 2.36. The molecule has 0 aromatic carbocycles. The Bertz CT molecular complexity index is 731. The standard InChI is InChI=1S/C12H17BrN4O3S/c1-5-17-11(10(13)6-14-17)7-16(4)21(18,19)12-8(2)15-20-9(12)3/h6H,5,7H2,1-4H3. The zero-order valence-electron chi connectivity index (χ0n) is 12.3. The van der Waals surface area contributed by atoms with E-state index in [-0.39, 0.29) is 11.4 Å². The van der Waals surface area contributed by atoms with Crippen molar-refractivity contribution in [2.45, 2.75) is 38.8 Å². The van der Waals surface area contributed by atoms with E-state index in [9.17, 15) is 8.42 Å². The summed E-state index contributed by atoms with van der Waals surface area (Å²) in [6.07, 6.45) is 1.66. The van der Waals surface area contributed by atoms with E-state index in [1.807, 2.05) is 6.92 Å². The summed E-state index contributed by atoms with van der Waals surface area (Å²) in [5, 5.41) is 7.89. The lowest BCUT2D eigenvalue weighted by Gasteiger charge is -2.17. The van der Waals surface area contributed by atoms with Gasteiger partial charge in [0.15, 0.2) is 5.76 Å². The van der Waals surface area contributed by atoms with Crippen LogP contribution in [0, 0.1) is 13.8 Å². The fourth-order valence-corrected chi connectivity index (χ4v) is 3.95. The molecule has 0 N–H and O–H groups in total. The van der Waals surface area contributed by atoms with Gasteiger partial charge in [0.25, 0.3) is 0 Å². The third kappa shape index (κ3) is 2.90. The van der Waals surface area contributed by atoms with Crippen LogP contribution in [-0.2, 0) is 23.1 Å². The molecular weight excluding hydrogens is 360 g/mol. The minimum Gasteiger partial charge on any atom is -0.360 e. The largest absolute Gasteiger partial charge is 0.360 e. The van der Waals surface area contributed by atoms with Gasteiger partial charge in [0.05, 0.1) is 22.9 Å². The maximum atomic E-state index is 12.7. The first kappa shape index (κ1) is 16.2. The van der Waals surface area contributed by atoms with E-state index in [1.165, 1.54) is 11.4 Å². The molecule has 116 valence electrons. The Morgan fingerprint density at radius 1 is 1.43 bits per heavy atom. The molecule has 2 aromatic rings. The smallest absolute Gasteiger partial charge is 0.248 e. The SMILES string of the molecule is CCn1ncc(Br)c1CN(C)S(=O)(=O)c1c(C)noc1C. The van der Waals surface area contributed by atoms with Gasteiger partial charge in [-0.25, -0.2) is 8.42 Å². The molecule has 0 saturated carbocycles. The van der Waals surface area contributed by atoms with Gasteiger partial charge in [0, 0.05) is 13.6 Å². The van der Waals surface area contributed by atoms with Crippen LogP contribution >= 0.6 is 15.9 Å². The van der Waals surface area contributed by atoms with Gasteiger partial charge in [-0.2, -0.15) is 9.40 Å². The second-order valence-electron chi connectivity index (χ2n) is 4.67. The summed E-state index contributed by atoms with van der Waals surface area (Å²) in [5.41, 5.74) is 1.16. The summed E-state index contributed by atoms with van der Waals surface area (Å²) < 4.78 is 34.1. The Morgan fingerprint density at radius 3 is 2.62 bits per heavy atom. The Labute approximate surface area is 132 Å². The van der Waals surface area contributed by atoms with Crippen molar-refractivity contribution in [2.24, 2.45) is 0 Å². The molecule has 2 aromatic heterocycles. The zero-order chi connectivity index (χ0) is 15.8. The lowest BCUT2D eigenvalue weighted by Crippen LogP contribution is -2.28. The van der Waals surface area contributed by atoms with Gasteiger partial charge in [0.2, 0.25) is 10.0 Å². The fourth-order valence-electron chi connectivity index (χ4n) is 2.11. The monoisotopic (exact) mass is 376 g/mol. The normalized spacial score (nSPS) is 12.3. The quantitative estimate of drug-likeness (QED) is 0.797. The molecule has 0 fully saturated rings. The molecule has 0 aliphatic carbocycles. The molecule has 0 aliphatic heterocycles. The van der Waals surface area contributed by atoms with E-state index in [0.29, 0.717) is 18.0 Å². The predicted molar refractivity (Wildman–Crippen MR) is 80.2 cm³/mol. The third-order valence-corrected chi connectivity index (χ3v) is 5.92. The van der Waals surface area contributed by atoms with Crippen LogP contribution in [0.3, 0.4) is 0 Å². The molecular formula is C12H17BrN4O3S. The first-order valence-electron chi connectivity index (χ1n) is 6.38. The summed E-state index contributed by atoms with van der Waals surface area (Å²) in [6, 6.07) is 0. The van der Waals surface area contributed by atoms with Crippen LogP contribution in [0.2, 0.25) is 0 Å². The van der Waals surface area contributed by atoms with Gasteiger partial charge in [-0.15, -0.1) is 0 Å². The Hall–Kier alpha value is -1.19. The van der Waals surface area contributed by atoms with E-state index >= 15 is 0 Å². The van der Waals surface area contributed by atoms with Crippen LogP contribution < -0.4 is 0 Å². The molecule has 0 unspecified atom stereocenters. The van der Waals surface area contributed by atoms with Crippen molar-refractivity contribution in [3.8, 4) is 0 Å². The van der Waals surface area contributed by atoms with Crippen LogP contribution in [0.15, 0.2) is 20.1 Å². The van der Waals surface area contributed by atoms with E-state index in [4.69, 9.17) is 4.52 Å². The van der Waals surface area contributed by atoms with E-state index in [0.717, 1.165) is 10.2 Å².